The summed E-state index contributed by atoms with van der Waals surface area (Å²) in [5.74, 6) is 2.04. The fourth-order valence-electron chi connectivity index (χ4n) is 1.70. The molecule has 0 bridgehead atoms. The van der Waals surface area contributed by atoms with Crippen molar-refractivity contribution in [3.05, 3.63) is 30.0 Å². The third kappa shape index (κ3) is 2.46. The van der Waals surface area contributed by atoms with Gasteiger partial charge in [0, 0.05) is 18.1 Å². The zero-order valence-electron chi connectivity index (χ0n) is 10.5. The van der Waals surface area contributed by atoms with Crippen molar-refractivity contribution in [3.63, 3.8) is 0 Å². The highest BCUT2D eigenvalue weighted by atomic mass is 16.5. The zero-order valence-corrected chi connectivity index (χ0v) is 10.5. The van der Waals surface area contributed by atoms with Gasteiger partial charge in [-0.15, -0.1) is 0 Å². The minimum atomic E-state index is 0.553. The molecule has 1 aromatic heterocycles. The van der Waals surface area contributed by atoms with Gasteiger partial charge in [-0.25, -0.2) is 0 Å². The smallest absolute Gasteiger partial charge is 0.167 e. The molecule has 0 spiro atoms. The number of hydrogen-bond donors (Lipinski definition) is 1. The molecule has 5 heteroatoms. The molecule has 0 aliphatic rings. The predicted octanol–water partition coefficient (Wildman–Crippen LogP) is 1.86. The van der Waals surface area contributed by atoms with E-state index in [0.29, 0.717) is 30.2 Å². The topological polar surface area (TPSA) is 70.5 Å². The molecule has 0 unspecified atom stereocenters. The average Bonchev–Trinajstić information content (AvgIpc) is 2.87. The van der Waals surface area contributed by atoms with E-state index in [2.05, 4.69) is 5.16 Å². The SMILES string of the molecule is COc1ccc(-c2cc(CCN)no2)cc1OC. The maximum Gasteiger partial charge on any atom is 0.167 e. The molecule has 0 amide bonds. The van der Waals surface area contributed by atoms with Crippen LogP contribution in [0.3, 0.4) is 0 Å². The van der Waals surface area contributed by atoms with Gasteiger partial charge in [-0.3, -0.25) is 0 Å². The maximum absolute atomic E-state index is 5.47. The third-order valence-corrected chi connectivity index (χ3v) is 2.63. The Hall–Kier alpha value is -2.01. The van der Waals surface area contributed by atoms with E-state index in [4.69, 9.17) is 19.7 Å². The van der Waals surface area contributed by atoms with Gasteiger partial charge in [-0.2, -0.15) is 0 Å². The van der Waals surface area contributed by atoms with E-state index in [9.17, 15) is 0 Å². The number of methoxy groups -OCH3 is 2. The first kappa shape index (κ1) is 12.4. The molecule has 0 atom stereocenters. The van der Waals surface area contributed by atoms with Crippen LogP contribution in [0.1, 0.15) is 5.69 Å². The van der Waals surface area contributed by atoms with E-state index in [1.807, 2.05) is 24.3 Å². The van der Waals surface area contributed by atoms with Gasteiger partial charge in [0.05, 0.1) is 19.9 Å². The maximum atomic E-state index is 5.47. The van der Waals surface area contributed by atoms with Crippen LogP contribution in [0.4, 0.5) is 0 Å². The Labute approximate surface area is 105 Å². The van der Waals surface area contributed by atoms with Crippen LogP contribution in [-0.2, 0) is 6.42 Å². The first-order chi connectivity index (χ1) is 8.78. The van der Waals surface area contributed by atoms with Crippen molar-refractivity contribution in [2.45, 2.75) is 6.42 Å². The lowest BCUT2D eigenvalue weighted by Crippen LogP contribution is -2.02. The molecular weight excluding hydrogens is 232 g/mol. The van der Waals surface area contributed by atoms with Gasteiger partial charge >= 0.3 is 0 Å². The second-order valence-electron chi connectivity index (χ2n) is 3.79. The Kier molecular flexibility index (Phi) is 3.84. The highest BCUT2D eigenvalue weighted by Gasteiger charge is 2.10. The van der Waals surface area contributed by atoms with Crippen LogP contribution in [-0.4, -0.2) is 25.9 Å². The lowest BCUT2D eigenvalue weighted by Gasteiger charge is -2.07. The second kappa shape index (κ2) is 5.55. The van der Waals surface area contributed by atoms with Crippen LogP contribution in [0.25, 0.3) is 11.3 Å². The molecule has 18 heavy (non-hydrogen) atoms. The molecular formula is C13H16N2O3. The van der Waals surface area contributed by atoms with Gasteiger partial charge in [-0.1, -0.05) is 5.16 Å². The summed E-state index contributed by atoms with van der Waals surface area (Å²) in [6, 6.07) is 7.47. The molecule has 0 fully saturated rings. The molecule has 1 heterocycles. The summed E-state index contributed by atoms with van der Waals surface area (Å²) in [5.41, 5.74) is 7.22. The lowest BCUT2D eigenvalue weighted by atomic mass is 10.1. The largest absolute Gasteiger partial charge is 0.493 e. The number of nitrogens with zero attached hydrogens (tertiary/aromatic N) is 1. The summed E-state index contributed by atoms with van der Waals surface area (Å²) in [6.07, 6.45) is 0.705. The van der Waals surface area contributed by atoms with Crippen molar-refractivity contribution >= 4 is 0 Å². The number of aromatic nitrogens is 1. The first-order valence-corrected chi connectivity index (χ1v) is 5.66. The second-order valence-corrected chi connectivity index (χ2v) is 3.79. The summed E-state index contributed by atoms with van der Waals surface area (Å²) in [7, 11) is 3.20. The Bertz CT molecular complexity index is 523. The summed E-state index contributed by atoms with van der Waals surface area (Å²) >= 11 is 0. The molecule has 2 aromatic rings. The van der Waals surface area contributed by atoms with Crippen molar-refractivity contribution in [3.8, 4) is 22.8 Å². The van der Waals surface area contributed by atoms with Crippen LogP contribution in [0.15, 0.2) is 28.8 Å². The Morgan fingerprint density at radius 1 is 1.17 bits per heavy atom. The number of ether oxygens (including phenoxy) is 2. The van der Waals surface area contributed by atoms with E-state index >= 15 is 0 Å². The molecule has 2 N–H and O–H groups in total. The summed E-state index contributed by atoms with van der Waals surface area (Å²) in [4.78, 5) is 0. The van der Waals surface area contributed by atoms with Crippen LogP contribution in [0, 0.1) is 0 Å². The predicted molar refractivity (Wildman–Crippen MR) is 67.8 cm³/mol. The molecule has 0 radical (unpaired) electrons. The molecule has 0 saturated carbocycles. The van der Waals surface area contributed by atoms with Crippen molar-refractivity contribution in [1.82, 2.24) is 5.16 Å². The Morgan fingerprint density at radius 3 is 2.61 bits per heavy atom. The van der Waals surface area contributed by atoms with E-state index in [0.717, 1.165) is 11.3 Å². The lowest BCUT2D eigenvalue weighted by molar-refractivity contribution is 0.355. The zero-order chi connectivity index (χ0) is 13.0. The van der Waals surface area contributed by atoms with Crippen molar-refractivity contribution < 1.29 is 14.0 Å². The minimum Gasteiger partial charge on any atom is -0.493 e. The number of rotatable bonds is 5. The number of hydrogen-bond acceptors (Lipinski definition) is 5. The van der Waals surface area contributed by atoms with Gasteiger partial charge < -0.3 is 19.7 Å². The molecule has 2 rings (SSSR count). The Morgan fingerprint density at radius 2 is 1.94 bits per heavy atom. The standard InChI is InChI=1S/C13H16N2O3/c1-16-11-4-3-9(7-13(11)17-2)12-8-10(5-6-14)15-18-12/h3-4,7-8H,5-6,14H2,1-2H3. The highest BCUT2D eigenvalue weighted by molar-refractivity contribution is 5.62. The van der Waals surface area contributed by atoms with Gasteiger partial charge in [0.25, 0.3) is 0 Å². The molecule has 0 aliphatic carbocycles. The Balaban J connectivity index is 2.31. The quantitative estimate of drug-likeness (QED) is 0.874. The third-order valence-electron chi connectivity index (χ3n) is 2.63. The van der Waals surface area contributed by atoms with E-state index in [1.54, 1.807) is 14.2 Å². The molecule has 0 aliphatic heterocycles. The number of nitrogens with two attached hydrogens (primary N) is 1. The summed E-state index contributed by atoms with van der Waals surface area (Å²) < 4.78 is 15.7. The molecule has 0 saturated heterocycles. The molecule has 96 valence electrons. The fourth-order valence-corrected chi connectivity index (χ4v) is 1.70. The van der Waals surface area contributed by atoms with E-state index < -0.39 is 0 Å². The fraction of sp³-hybridized carbons (Fsp3) is 0.308. The van der Waals surface area contributed by atoms with Gasteiger partial charge in [0.1, 0.15) is 0 Å². The van der Waals surface area contributed by atoms with E-state index in [-0.39, 0.29) is 0 Å². The summed E-state index contributed by atoms with van der Waals surface area (Å²) in [5, 5.41) is 3.95. The highest BCUT2D eigenvalue weighted by Crippen LogP contribution is 2.32. The monoisotopic (exact) mass is 248 g/mol. The van der Waals surface area contributed by atoms with Crippen LogP contribution in [0.2, 0.25) is 0 Å². The number of benzene rings is 1. The summed E-state index contributed by atoms with van der Waals surface area (Å²) in [6.45, 7) is 0.553. The van der Waals surface area contributed by atoms with Gasteiger partial charge in [-0.05, 0) is 24.7 Å². The first-order valence-electron chi connectivity index (χ1n) is 5.66. The van der Waals surface area contributed by atoms with Crippen LogP contribution in [0.5, 0.6) is 11.5 Å². The van der Waals surface area contributed by atoms with Crippen molar-refractivity contribution in [1.29, 1.82) is 0 Å². The van der Waals surface area contributed by atoms with Crippen LogP contribution >= 0.6 is 0 Å². The van der Waals surface area contributed by atoms with Crippen LogP contribution < -0.4 is 15.2 Å². The van der Waals surface area contributed by atoms with Gasteiger partial charge in [0.2, 0.25) is 0 Å². The van der Waals surface area contributed by atoms with Gasteiger partial charge in [0.15, 0.2) is 17.3 Å². The normalized spacial score (nSPS) is 10.4. The van der Waals surface area contributed by atoms with Crippen molar-refractivity contribution in [2.24, 2.45) is 5.73 Å². The van der Waals surface area contributed by atoms with Crippen molar-refractivity contribution in [2.75, 3.05) is 20.8 Å². The molecule has 5 nitrogen and oxygen atoms in total. The molecule has 1 aromatic carbocycles. The van der Waals surface area contributed by atoms with E-state index in [1.165, 1.54) is 0 Å². The average molecular weight is 248 g/mol. The minimum absolute atomic E-state index is 0.553.